The smallest absolute Gasteiger partial charge is 0.325 e. The predicted molar refractivity (Wildman–Crippen MR) is 173 cm³/mol. The maximum Gasteiger partial charge on any atom is 0.325 e. The number of rotatable bonds is 11. The van der Waals surface area contributed by atoms with Crippen LogP contribution in [0.4, 0.5) is 0 Å². The highest BCUT2D eigenvalue weighted by atomic mass is 79.9. The first-order chi connectivity index (χ1) is 19.2. The van der Waals surface area contributed by atoms with Gasteiger partial charge in [-0.2, -0.15) is 0 Å². The Morgan fingerprint density at radius 1 is 1.00 bits per heavy atom. The van der Waals surface area contributed by atoms with Crippen molar-refractivity contribution in [2.75, 3.05) is 13.7 Å². The third-order valence-corrected chi connectivity index (χ3v) is 15.1. The number of esters is 1. The molecule has 3 rings (SSSR count). The Hall–Kier alpha value is -1.51. The van der Waals surface area contributed by atoms with Gasteiger partial charge in [0.05, 0.1) is 25.4 Å². The molecule has 8 atom stereocenters. The van der Waals surface area contributed by atoms with Crippen LogP contribution in [-0.2, 0) is 18.7 Å². The molecule has 228 valence electrons. The van der Waals surface area contributed by atoms with Gasteiger partial charge in [-0.25, -0.2) is 0 Å². The molecule has 1 heterocycles. The molecule has 2 aromatic carbocycles. The summed E-state index contributed by atoms with van der Waals surface area (Å²) in [6, 6.07) is 21.5. The lowest BCUT2D eigenvalue weighted by molar-refractivity contribution is -0.173. The molecule has 1 saturated heterocycles. The molecule has 0 saturated carbocycles. The molecule has 0 aromatic heterocycles. The van der Waals surface area contributed by atoms with Crippen molar-refractivity contribution < 1.29 is 23.8 Å². The molecule has 0 bridgehead atoms. The summed E-state index contributed by atoms with van der Waals surface area (Å²) in [5.74, 6) is -0.00731. The average Bonchev–Trinajstić information content (AvgIpc) is 2.95. The van der Waals surface area contributed by atoms with E-state index in [-0.39, 0.29) is 35.0 Å². The van der Waals surface area contributed by atoms with Crippen LogP contribution >= 0.6 is 15.9 Å². The molecule has 0 aliphatic carbocycles. The van der Waals surface area contributed by atoms with Crippen molar-refractivity contribution in [1.29, 1.82) is 0 Å². The second-order valence-electron chi connectivity index (χ2n) is 13.3. The van der Waals surface area contributed by atoms with E-state index in [4.69, 9.17) is 13.9 Å². The van der Waals surface area contributed by atoms with Gasteiger partial charge in [-0.1, -0.05) is 125 Å². The lowest BCUT2D eigenvalue weighted by Crippen LogP contribution is -2.67. The Kier molecular flexibility index (Phi) is 11.5. The molecule has 1 fully saturated rings. The van der Waals surface area contributed by atoms with Crippen LogP contribution in [0, 0.1) is 23.7 Å². The number of methoxy groups -OCH3 is 1. The van der Waals surface area contributed by atoms with E-state index >= 15 is 0 Å². The van der Waals surface area contributed by atoms with Gasteiger partial charge in [-0.3, -0.25) is 4.79 Å². The first-order valence-corrected chi connectivity index (χ1v) is 17.8. The summed E-state index contributed by atoms with van der Waals surface area (Å²) in [5.41, 5.74) is 0. The van der Waals surface area contributed by atoms with E-state index < -0.39 is 24.7 Å². The standard InChI is InChI=1S/C34H51BrO5Si/c1-10-26(30-24(3)21-23(2)29(40-30)25(4)31(36)34(8,35)32(37)38-9)22-39-41(33(5,6)7,27-17-13-11-14-18-27)28-19-15-12-16-20-28/h11-20,23-26,29-31,36H,10,21-22H2,1-9H3/t23-,24-,25+,26-,29+,30+,31-,34?/m0/s1. The number of aliphatic hydroxyl groups excluding tert-OH is 1. The topological polar surface area (TPSA) is 65.0 Å². The van der Waals surface area contributed by atoms with E-state index in [9.17, 15) is 9.90 Å². The zero-order valence-corrected chi connectivity index (χ0v) is 29.0. The van der Waals surface area contributed by atoms with Gasteiger partial charge in [0.2, 0.25) is 0 Å². The number of hydrogen-bond acceptors (Lipinski definition) is 5. The second kappa shape index (κ2) is 13.9. The van der Waals surface area contributed by atoms with Gasteiger partial charge in [0.25, 0.3) is 8.32 Å². The largest absolute Gasteiger partial charge is 0.468 e. The summed E-state index contributed by atoms with van der Waals surface area (Å²) in [4.78, 5) is 12.4. The molecule has 0 radical (unpaired) electrons. The highest BCUT2D eigenvalue weighted by molar-refractivity contribution is 9.10. The van der Waals surface area contributed by atoms with E-state index in [2.05, 4.69) is 118 Å². The third kappa shape index (κ3) is 7.01. The fraction of sp³-hybridized carbons (Fsp3) is 0.618. The molecular formula is C34H51BrO5Si. The van der Waals surface area contributed by atoms with Crippen LogP contribution in [0.1, 0.15) is 68.2 Å². The lowest BCUT2D eigenvalue weighted by Gasteiger charge is -2.48. The number of aliphatic hydroxyl groups is 1. The average molecular weight is 648 g/mol. The fourth-order valence-corrected chi connectivity index (χ4v) is 12.2. The zero-order chi connectivity index (χ0) is 30.6. The second-order valence-corrected chi connectivity index (χ2v) is 19.2. The van der Waals surface area contributed by atoms with E-state index in [1.165, 1.54) is 17.5 Å². The van der Waals surface area contributed by atoms with Gasteiger partial charge < -0.3 is 19.0 Å². The molecule has 1 N–H and O–H groups in total. The molecule has 1 unspecified atom stereocenters. The normalized spacial score (nSPS) is 25.5. The summed E-state index contributed by atoms with van der Waals surface area (Å²) < 4.78 is 18.0. The predicted octanol–water partition coefficient (Wildman–Crippen LogP) is 6.34. The Morgan fingerprint density at radius 2 is 1.49 bits per heavy atom. The van der Waals surface area contributed by atoms with Crippen LogP contribution in [0.25, 0.3) is 0 Å². The first kappa shape index (κ1) is 34.0. The van der Waals surface area contributed by atoms with Crippen LogP contribution in [0.2, 0.25) is 5.04 Å². The number of hydrogen-bond donors (Lipinski definition) is 1. The van der Waals surface area contributed by atoms with Crippen molar-refractivity contribution in [2.24, 2.45) is 23.7 Å². The molecule has 41 heavy (non-hydrogen) atoms. The van der Waals surface area contributed by atoms with Crippen LogP contribution in [0.15, 0.2) is 60.7 Å². The number of carbonyl (C=O) groups is 1. The fourth-order valence-electron chi connectivity index (χ4n) is 6.95. The van der Waals surface area contributed by atoms with Crippen molar-refractivity contribution in [1.82, 2.24) is 0 Å². The number of carbonyl (C=O) groups excluding carboxylic acids is 1. The van der Waals surface area contributed by atoms with Gasteiger partial charge in [0.1, 0.15) is 4.32 Å². The van der Waals surface area contributed by atoms with Crippen molar-refractivity contribution in [3.05, 3.63) is 60.7 Å². The monoisotopic (exact) mass is 646 g/mol. The number of alkyl halides is 1. The highest BCUT2D eigenvalue weighted by Crippen LogP contribution is 2.42. The Morgan fingerprint density at radius 3 is 1.93 bits per heavy atom. The highest BCUT2D eigenvalue weighted by Gasteiger charge is 2.52. The van der Waals surface area contributed by atoms with Gasteiger partial charge in [0, 0.05) is 18.4 Å². The van der Waals surface area contributed by atoms with Crippen molar-refractivity contribution in [2.45, 2.75) is 95.9 Å². The molecule has 0 spiro atoms. The van der Waals surface area contributed by atoms with Crippen LogP contribution in [0.3, 0.4) is 0 Å². The van der Waals surface area contributed by atoms with Gasteiger partial charge in [0.15, 0.2) is 0 Å². The number of ether oxygens (including phenoxy) is 2. The molecule has 7 heteroatoms. The van der Waals surface area contributed by atoms with Gasteiger partial charge >= 0.3 is 5.97 Å². The van der Waals surface area contributed by atoms with Gasteiger partial charge in [-0.05, 0) is 47.0 Å². The van der Waals surface area contributed by atoms with E-state index in [0.29, 0.717) is 12.5 Å². The van der Waals surface area contributed by atoms with Crippen LogP contribution in [-0.4, -0.2) is 55.7 Å². The van der Waals surface area contributed by atoms with E-state index in [1.54, 1.807) is 6.92 Å². The van der Waals surface area contributed by atoms with Crippen molar-refractivity contribution in [3.8, 4) is 0 Å². The maximum atomic E-state index is 12.4. The Bertz CT molecular complexity index is 1060. The molecule has 1 aliphatic heterocycles. The Labute approximate surface area is 257 Å². The zero-order valence-electron chi connectivity index (χ0n) is 26.4. The number of benzene rings is 2. The van der Waals surface area contributed by atoms with Crippen LogP contribution in [0.5, 0.6) is 0 Å². The quantitative estimate of drug-likeness (QED) is 0.175. The summed E-state index contributed by atoms with van der Waals surface area (Å²) >= 11 is 3.44. The number of halogens is 1. The summed E-state index contributed by atoms with van der Waals surface area (Å²) in [7, 11) is -1.34. The van der Waals surface area contributed by atoms with Crippen LogP contribution < -0.4 is 10.4 Å². The molecule has 2 aromatic rings. The Balaban J connectivity index is 1.92. The van der Waals surface area contributed by atoms with Crippen molar-refractivity contribution in [3.63, 3.8) is 0 Å². The minimum absolute atomic E-state index is 0.0197. The lowest BCUT2D eigenvalue weighted by atomic mass is 9.75. The van der Waals surface area contributed by atoms with Crippen molar-refractivity contribution >= 4 is 40.6 Å². The van der Waals surface area contributed by atoms with E-state index in [1.807, 2.05) is 6.92 Å². The third-order valence-electron chi connectivity index (χ3n) is 9.26. The molecule has 1 aliphatic rings. The molecule has 5 nitrogen and oxygen atoms in total. The molecular weight excluding hydrogens is 596 g/mol. The van der Waals surface area contributed by atoms with E-state index in [0.717, 1.165) is 12.8 Å². The summed E-state index contributed by atoms with van der Waals surface area (Å²) in [5, 5.41) is 13.7. The van der Waals surface area contributed by atoms with Gasteiger partial charge in [-0.15, -0.1) is 0 Å². The maximum absolute atomic E-state index is 12.4. The summed E-state index contributed by atoms with van der Waals surface area (Å²) in [6.07, 6.45) is 0.719. The summed E-state index contributed by atoms with van der Waals surface area (Å²) in [6.45, 7) is 17.8. The first-order valence-electron chi connectivity index (χ1n) is 15.1. The minimum atomic E-state index is -2.68. The SMILES string of the molecule is CC[C@@H](CO[Si](c1ccccc1)(c1ccccc1)C(C)(C)C)[C@@H]1O[C@@H]([C@@H](C)[C@H](O)C(C)(Br)C(=O)OC)[C@@H](C)C[C@@H]1C. The minimum Gasteiger partial charge on any atom is -0.468 e. The molecule has 0 amide bonds.